The molecule has 7 atom stereocenters. The van der Waals surface area contributed by atoms with Crippen molar-refractivity contribution in [1.29, 1.82) is 0 Å². The molecule has 168 valence electrons. The lowest BCUT2D eigenvalue weighted by molar-refractivity contribution is -0.0490. The van der Waals surface area contributed by atoms with E-state index in [4.69, 9.17) is 20.9 Å². The normalized spacial score (nSPS) is 29.6. The van der Waals surface area contributed by atoms with Crippen molar-refractivity contribution < 1.29 is 34.0 Å². The van der Waals surface area contributed by atoms with Gasteiger partial charge in [0.15, 0.2) is 22.4 Å². The Balaban J connectivity index is 1.77. The van der Waals surface area contributed by atoms with Gasteiger partial charge in [-0.3, -0.25) is 9.13 Å². The van der Waals surface area contributed by atoms with Crippen LogP contribution in [0.15, 0.2) is 12.7 Å². The van der Waals surface area contributed by atoms with E-state index in [2.05, 4.69) is 15.0 Å². The third kappa shape index (κ3) is 4.26. The van der Waals surface area contributed by atoms with Crippen molar-refractivity contribution in [3.05, 3.63) is 17.8 Å². The summed E-state index contributed by atoms with van der Waals surface area (Å²) in [5.74, 6) is 0. The number of hydrogen-bond acceptors (Lipinski definition) is 9. The molecular weight excluding hydrogens is 439 g/mol. The minimum Gasteiger partial charge on any atom is -0.388 e. The number of aromatic nitrogens is 4. The van der Waals surface area contributed by atoms with E-state index in [0.29, 0.717) is 17.6 Å². The molecule has 1 aliphatic rings. The van der Waals surface area contributed by atoms with Gasteiger partial charge in [-0.15, -0.1) is 0 Å². The van der Waals surface area contributed by atoms with Crippen LogP contribution in [0.3, 0.4) is 0 Å². The van der Waals surface area contributed by atoms with Crippen LogP contribution in [0, 0.1) is 0 Å². The molecule has 1 saturated heterocycles. The molecular formula is C17H26ClN4O7P. The summed E-state index contributed by atoms with van der Waals surface area (Å²) < 4.78 is 25.1. The predicted octanol–water partition coefficient (Wildman–Crippen LogP) is 1.59. The summed E-state index contributed by atoms with van der Waals surface area (Å²) in [4.78, 5) is 22.2. The van der Waals surface area contributed by atoms with Crippen molar-refractivity contribution in [3.8, 4) is 0 Å². The Morgan fingerprint density at radius 2 is 2.03 bits per heavy atom. The summed E-state index contributed by atoms with van der Waals surface area (Å²) in [6.45, 7) is 4.55. The number of fused-ring (bicyclic) bond motifs is 1. The van der Waals surface area contributed by atoms with Crippen LogP contribution in [0.2, 0.25) is 5.15 Å². The Morgan fingerprint density at radius 1 is 1.33 bits per heavy atom. The lowest BCUT2D eigenvalue weighted by atomic mass is 10.0. The van der Waals surface area contributed by atoms with E-state index in [0.717, 1.165) is 0 Å². The largest absolute Gasteiger partial charge is 0.388 e. The first-order valence-corrected chi connectivity index (χ1v) is 11.6. The molecule has 0 aliphatic carbocycles. The van der Waals surface area contributed by atoms with E-state index in [1.807, 2.05) is 0 Å². The fraction of sp³-hybridized carbons (Fsp3) is 0.706. The molecule has 4 N–H and O–H groups in total. The van der Waals surface area contributed by atoms with Gasteiger partial charge in [-0.2, -0.15) is 0 Å². The van der Waals surface area contributed by atoms with Crippen LogP contribution in [-0.4, -0.2) is 69.5 Å². The van der Waals surface area contributed by atoms with Crippen LogP contribution in [0.25, 0.3) is 11.2 Å². The Hall–Kier alpha value is -1.17. The minimum atomic E-state index is -4.35. The maximum absolute atomic E-state index is 12.5. The highest BCUT2D eigenvalue weighted by Gasteiger charge is 2.47. The van der Waals surface area contributed by atoms with E-state index < -0.39 is 43.6 Å². The number of rotatable bonds is 8. The molecule has 30 heavy (non-hydrogen) atoms. The number of nitrogens with zero attached hydrogens (tertiary/aromatic N) is 4. The standard InChI is InChI=1S/C17H26ClN4O7P/c1-4-9(29-30(26,27)17(3,25)5-2)6-10-12(23)13(24)16(28-10)22-8-21-11-14(18)19-7-20-15(11)22/h7-10,12-13,16,23-25H,4-6H2,1-3H3,(H,26,27)/t9?,10?,12-,13-,16-,17?/m1/s1. The van der Waals surface area contributed by atoms with Crippen molar-refractivity contribution >= 4 is 30.4 Å². The first-order valence-electron chi connectivity index (χ1n) is 9.60. The van der Waals surface area contributed by atoms with Crippen LogP contribution < -0.4 is 0 Å². The van der Waals surface area contributed by atoms with Crippen molar-refractivity contribution in [3.63, 3.8) is 0 Å². The molecule has 2 aromatic heterocycles. The summed E-state index contributed by atoms with van der Waals surface area (Å²) >= 11 is 6.00. The molecule has 0 amide bonds. The molecule has 1 aliphatic heterocycles. The number of hydrogen-bond donors (Lipinski definition) is 4. The predicted molar refractivity (Wildman–Crippen MR) is 107 cm³/mol. The highest BCUT2D eigenvalue weighted by Crippen LogP contribution is 2.57. The number of aliphatic hydroxyl groups excluding tert-OH is 2. The van der Waals surface area contributed by atoms with E-state index >= 15 is 0 Å². The number of halogens is 1. The van der Waals surface area contributed by atoms with E-state index in [-0.39, 0.29) is 18.0 Å². The zero-order valence-electron chi connectivity index (χ0n) is 16.8. The first kappa shape index (κ1) is 23.5. The topological polar surface area (TPSA) is 160 Å². The Labute approximate surface area is 178 Å². The fourth-order valence-corrected chi connectivity index (χ4v) is 4.67. The van der Waals surface area contributed by atoms with Gasteiger partial charge in [0, 0.05) is 6.42 Å². The van der Waals surface area contributed by atoms with Crippen LogP contribution in [0.5, 0.6) is 0 Å². The monoisotopic (exact) mass is 464 g/mol. The zero-order chi connectivity index (χ0) is 22.3. The van der Waals surface area contributed by atoms with Crippen LogP contribution in [-0.2, 0) is 13.8 Å². The molecule has 1 fully saturated rings. The Bertz CT molecular complexity index is 942. The summed E-state index contributed by atoms with van der Waals surface area (Å²) in [6.07, 6.45) is -2.27. The third-order valence-corrected chi connectivity index (χ3v) is 7.84. The molecule has 2 aromatic rings. The van der Waals surface area contributed by atoms with Gasteiger partial charge in [0.25, 0.3) is 0 Å². The molecule has 13 heteroatoms. The first-order chi connectivity index (χ1) is 14.0. The Kier molecular flexibility index (Phi) is 6.86. The summed E-state index contributed by atoms with van der Waals surface area (Å²) in [6, 6.07) is 0. The van der Waals surface area contributed by atoms with Crippen molar-refractivity contribution in [2.45, 2.75) is 76.0 Å². The maximum atomic E-state index is 12.5. The molecule has 0 spiro atoms. The summed E-state index contributed by atoms with van der Waals surface area (Å²) in [7, 11) is -4.35. The van der Waals surface area contributed by atoms with E-state index in [9.17, 15) is 24.8 Å². The SMILES string of the molecule is CCC(CC1O[C@@H](n2cnc3c(Cl)ncnc32)[C@H](O)[C@@H]1O)OP(=O)(O)C(C)(O)CC. The highest BCUT2D eigenvalue weighted by atomic mass is 35.5. The quantitative estimate of drug-likeness (QED) is 0.333. The van der Waals surface area contributed by atoms with Crippen LogP contribution in [0.1, 0.15) is 46.3 Å². The van der Waals surface area contributed by atoms with Crippen molar-refractivity contribution in [2.75, 3.05) is 0 Å². The van der Waals surface area contributed by atoms with E-state index in [1.165, 1.54) is 24.1 Å². The second-order valence-electron chi connectivity index (χ2n) is 7.50. The zero-order valence-corrected chi connectivity index (χ0v) is 18.4. The number of ether oxygens (including phenoxy) is 1. The number of aliphatic hydroxyl groups is 3. The third-order valence-electron chi connectivity index (χ3n) is 5.45. The summed E-state index contributed by atoms with van der Waals surface area (Å²) in [5, 5.41) is 29.4. The molecule has 0 saturated carbocycles. The van der Waals surface area contributed by atoms with Gasteiger partial charge < -0.3 is 29.5 Å². The highest BCUT2D eigenvalue weighted by molar-refractivity contribution is 7.54. The molecule has 0 bridgehead atoms. The second-order valence-corrected chi connectivity index (χ2v) is 10.1. The van der Waals surface area contributed by atoms with Gasteiger partial charge in [0.05, 0.1) is 18.5 Å². The average Bonchev–Trinajstić information content (AvgIpc) is 3.24. The fourth-order valence-electron chi connectivity index (χ4n) is 3.22. The lowest BCUT2D eigenvalue weighted by Gasteiger charge is -2.31. The van der Waals surface area contributed by atoms with Gasteiger partial charge in [-0.1, -0.05) is 25.4 Å². The maximum Gasteiger partial charge on any atom is 0.359 e. The van der Waals surface area contributed by atoms with Gasteiger partial charge in [-0.05, 0) is 19.8 Å². The smallest absolute Gasteiger partial charge is 0.359 e. The average molecular weight is 465 g/mol. The minimum absolute atomic E-state index is 0.0257. The lowest BCUT2D eigenvalue weighted by Crippen LogP contribution is -2.34. The molecule has 11 nitrogen and oxygen atoms in total. The second kappa shape index (κ2) is 8.76. The molecule has 3 heterocycles. The Morgan fingerprint density at radius 3 is 2.67 bits per heavy atom. The molecule has 0 radical (unpaired) electrons. The van der Waals surface area contributed by atoms with Crippen LogP contribution in [0.4, 0.5) is 0 Å². The number of imidazole rings is 1. The van der Waals surface area contributed by atoms with E-state index in [1.54, 1.807) is 13.8 Å². The van der Waals surface area contributed by atoms with Gasteiger partial charge in [0.1, 0.15) is 24.1 Å². The van der Waals surface area contributed by atoms with Crippen molar-refractivity contribution in [2.24, 2.45) is 0 Å². The van der Waals surface area contributed by atoms with Gasteiger partial charge in [0.2, 0.25) is 0 Å². The summed E-state index contributed by atoms with van der Waals surface area (Å²) in [5.41, 5.74) is 0.653. The van der Waals surface area contributed by atoms with Crippen LogP contribution >= 0.6 is 19.2 Å². The van der Waals surface area contributed by atoms with Gasteiger partial charge >= 0.3 is 7.60 Å². The molecule has 4 unspecified atom stereocenters. The molecule has 0 aromatic carbocycles. The molecule has 3 rings (SSSR count). The van der Waals surface area contributed by atoms with Gasteiger partial charge in [-0.25, -0.2) is 15.0 Å². The van der Waals surface area contributed by atoms with Crippen molar-refractivity contribution in [1.82, 2.24) is 19.5 Å².